The summed E-state index contributed by atoms with van der Waals surface area (Å²) in [6.07, 6.45) is 2.36. The van der Waals surface area contributed by atoms with Crippen molar-refractivity contribution < 1.29 is 5.11 Å². The molecule has 0 unspecified atom stereocenters. The predicted octanol–water partition coefficient (Wildman–Crippen LogP) is 3.80. The maximum absolute atomic E-state index is 9.66. The van der Waals surface area contributed by atoms with Gasteiger partial charge in [0.25, 0.3) is 0 Å². The first-order chi connectivity index (χ1) is 10.6. The quantitative estimate of drug-likeness (QED) is 0.903. The molecule has 0 radical (unpaired) electrons. The Hall–Kier alpha value is -1.64. The van der Waals surface area contributed by atoms with E-state index in [1.54, 1.807) is 0 Å². The number of aryl methyl sites for hydroxylation is 1. The van der Waals surface area contributed by atoms with Gasteiger partial charge < -0.3 is 10.4 Å². The monoisotopic (exact) mass is 295 g/mol. The van der Waals surface area contributed by atoms with Crippen LogP contribution in [0.15, 0.2) is 42.5 Å². The van der Waals surface area contributed by atoms with Gasteiger partial charge in [-0.1, -0.05) is 55.0 Å². The topological polar surface area (TPSA) is 32.3 Å². The van der Waals surface area contributed by atoms with E-state index in [0.29, 0.717) is 0 Å². The van der Waals surface area contributed by atoms with Crippen molar-refractivity contribution in [2.75, 3.05) is 13.1 Å². The summed E-state index contributed by atoms with van der Waals surface area (Å²) in [7, 11) is 0. The number of aliphatic hydroxyl groups is 1. The zero-order valence-corrected chi connectivity index (χ0v) is 13.5. The minimum atomic E-state index is 0.0857. The van der Waals surface area contributed by atoms with E-state index in [9.17, 15) is 5.11 Å². The van der Waals surface area contributed by atoms with E-state index < -0.39 is 0 Å². The number of rotatable bonds is 3. The van der Waals surface area contributed by atoms with E-state index in [2.05, 4.69) is 61.6 Å². The molecule has 2 heteroatoms. The molecule has 2 aromatic rings. The highest BCUT2D eigenvalue weighted by molar-refractivity contribution is 5.68. The molecule has 1 heterocycles. The molecular formula is C20H25NO. The third-order valence-corrected chi connectivity index (χ3v) is 5.01. The molecule has 3 rings (SSSR count). The molecule has 2 N–H and O–H groups in total. The Morgan fingerprint density at radius 1 is 1.09 bits per heavy atom. The van der Waals surface area contributed by atoms with Crippen molar-refractivity contribution in [1.29, 1.82) is 0 Å². The van der Waals surface area contributed by atoms with Gasteiger partial charge in [0.05, 0.1) is 6.61 Å². The standard InChI is InChI=1S/C20H25NO/c1-15-6-7-19(17(12-15)14-22)16-4-3-5-18(13-16)20(2)8-10-21-11-9-20/h3-7,12-13,21-22H,8-11,14H2,1-2H3. The van der Waals surface area contributed by atoms with E-state index in [0.717, 1.165) is 24.2 Å². The Morgan fingerprint density at radius 2 is 1.86 bits per heavy atom. The van der Waals surface area contributed by atoms with E-state index >= 15 is 0 Å². The molecule has 0 aromatic heterocycles. The van der Waals surface area contributed by atoms with E-state index in [4.69, 9.17) is 0 Å². The minimum absolute atomic E-state index is 0.0857. The van der Waals surface area contributed by atoms with Crippen molar-refractivity contribution in [2.45, 2.75) is 38.7 Å². The highest BCUT2D eigenvalue weighted by Crippen LogP contribution is 2.35. The SMILES string of the molecule is Cc1ccc(-c2cccc(C3(C)CCNCC3)c2)c(CO)c1. The molecule has 0 bridgehead atoms. The Morgan fingerprint density at radius 3 is 2.59 bits per heavy atom. The summed E-state index contributed by atoms with van der Waals surface area (Å²) in [5.41, 5.74) is 6.22. The van der Waals surface area contributed by atoms with Gasteiger partial charge >= 0.3 is 0 Å². The highest BCUT2D eigenvalue weighted by atomic mass is 16.3. The van der Waals surface area contributed by atoms with Gasteiger partial charge in [-0.3, -0.25) is 0 Å². The lowest BCUT2D eigenvalue weighted by Crippen LogP contribution is -2.37. The molecular weight excluding hydrogens is 270 g/mol. The van der Waals surface area contributed by atoms with Crippen LogP contribution in [0, 0.1) is 6.92 Å². The summed E-state index contributed by atoms with van der Waals surface area (Å²) in [6.45, 7) is 6.70. The fraction of sp³-hybridized carbons (Fsp3) is 0.400. The first-order valence-electron chi connectivity index (χ1n) is 8.14. The van der Waals surface area contributed by atoms with Gasteiger partial charge in [0.15, 0.2) is 0 Å². The lowest BCUT2D eigenvalue weighted by molar-refractivity contribution is 0.282. The lowest BCUT2D eigenvalue weighted by atomic mass is 9.74. The second-order valence-electron chi connectivity index (χ2n) is 6.71. The summed E-state index contributed by atoms with van der Waals surface area (Å²) in [5, 5.41) is 13.1. The number of hydrogen-bond acceptors (Lipinski definition) is 2. The van der Waals surface area contributed by atoms with Crippen LogP contribution in [-0.2, 0) is 12.0 Å². The molecule has 1 saturated heterocycles. The van der Waals surface area contributed by atoms with Crippen molar-refractivity contribution >= 4 is 0 Å². The van der Waals surface area contributed by atoms with Gasteiger partial charge in [-0.05, 0) is 60.5 Å². The predicted molar refractivity (Wildman–Crippen MR) is 92.0 cm³/mol. The molecule has 0 aliphatic carbocycles. The minimum Gasteiger partial charge on any atom is -0.392 e. The fourth-order valence-corrected chi connectivity index (χ4v) is 3.46. The zero-order valence-electron chi connectivity index (χ0n) is 13.5. The molecule has 1 aliphatic rings. The maximum Gasteiger partial charge on any atom is 0.0687 e. The molecule has 0 spiro atoms. The van der Waals surface area contributed by atoms with Crippen molar-refractivity contribution in [2.24, 2.45) is 0 Å². The second kappa shape index (κ2) is 6.23. The highest BCUT2D eigenvalue weighted by Gasteiger charge is 2.28. The fourth-order valence-electron chi connectivity index (χ4n) is 3.46. The third kappa shape index (κ3) is 2.94. The van der Waals surface area contributed by atoms with Crippen LogP contribution in [0.5, 0.6) is 0 Å². The number of benzene rings is 2. The molecule has 1 fully saturated rings. The van der Waals surface area contributed by atoms with Crippen molar-refractivity contribution in [1.82, 2.24) is 5.32 Å². The zero-order chi connectivity index (χ0) is 15.6. The summed E-state index contributed by atoms with van der Waals surface area (Å²) < 4.78 is 0. The van der Waals surface area contributed by atoms with Crippen LogP contribution in [0.4, 0.5) is 0 Å². The summed E-state index contributed by atoms with van der Waals surface area (Å²) >= 11 is 0. The number of hydrogen-bond donors (Lipinski definition) is 2. The van der Waals surface area contributed by atoms with Gasteiger partial charge in [0.1, 0.15) is 0 Å². The molecule has 2 aromatic carbocycles. The molecule has 2 nitrogen and oxygen atoms in total. The molecule has 1 aliphatic heterocycles. The van der Waals surface area contributed by atoms with Crippen molar-refractivity contribution in [3.05, 3.63) is 59.2 Å². The van der Waals surface area contributed by atoms with Crippen LogP contribution in [0.1, 0.15) is 36.5 Å². The van der Waals surface area contributed by atoms with Crippen LogP contribution in [-0.4, -0.2) is 18.2 Å². The van der Waals surface area contributed by atoms with Crippen LogP contribution < -0.4 is 5.32 Å². The Bertz CT molecular complexity index is 657. The molecule has 22 heavy (non-hydrogen) atoms. The second-order valence-corrected chi connectivity index (χ2v) is 6.71. The maximum atomic E-state index is 9.66. The summed E-state index contributed by atoms with van der Waals surface area (Å²) in [6, 6.07) is 15.2. The number of aliphatic hydroxyl groups excluding tert-OH is 1. The number of nitrogens with one attached hydrogen (secondary N) is 1. The third-order valence-electron chi connectivity index (χ3n) is 5.01. The van der Waals surface area contributed by atoms with Gasteiger partial charge in [-0.2, -0.15) is 0 Å². The van der Waals surface area contributed by atoms with E-state index in [-0.39, 0.29) is 12.0 Å². The molecule has 0 atom stereocenters. The van der Waals surface area contributed by atoms with Crippen LogP contribution in [0.25, 0.3) is 11.1 Å². The average molecular weight is 295 g/mol. The van der Waals surface area contributed by atoms with Crippen molar-refractivity contribution in [3.8, 4) is 11.1 Å². The number of piperidine rings is 1. The smallest absolute Gasteiger partial charge is 0.0687 e. The first-order valence-corrected chi connectivity index (χ1v) is 8.14. The van der Waals surface area contributed by atoms with Gasteiger partial charge in [-0.15, -0.1) is 0 Å². The van der Waals surface area contributed by atoms with Crippen LogP contribution in [0.2, 0.25) is 0 Å². The van der Waals surface area contributed by atoms with Crippen LogP contribution in [0.3, 0.4) is 0 Å². The Kier molecular flexibility index (Phi) is 4.32. The molecule has 0 amide bonds. The Balaban J connectivity index is 2.01. The van der Waals surface area contributed by atoms with Gasteiger partial charge in [0, 0.05) is 0 Å². The van der Waals surface area contributed by atoms with Gasteiger partial charge in [-0.25, -0.2) is 0 Å². The van der Waals surface area contributed by atoms with Gasteiger partial charge in [0.2, 0.25) is 0 Å². The summed E-state index contributed by atoms with van der Waals surface area (Å²) in [5.74, 6) is 0. The normalized spacial score (nSPS) is 17.4. The Labute approximate surface area is 133 Å². The first kappa shape index (κ1) is 15.3. The van der Waals surface area contributed by atoms with Crippen molar-refractivity contribution in [3.63, 3.8) is 0 Å². The molecule has 116 valence electrons. The molecule has 0 saturated carbocycles. The van der Waals surface area contributed by atoms with E-state index in [1.165, 1.54) is 29.5 Å². The average Bonchev–Trinajstić information content (AvgIpc) is 2.55. The van der Waals surface area contributed by atoms with Crippen LogP contribution >= 0.6 is 0 Å². The summed E-state index contributed by atoms with van der Waals surface area (Å²) in [4.78, 5) is 0. The largest absolute Gasteiger partial charge is 0.392 e. The van der Waals surface area contributed by atoms with E-state index in [1.807, 2.05) is 0 Å². The lowest BCUT2D eigenvalue weighted by Gasteiger charge is -2.35.